The number of benzene rings is 2. The van der Waals surface area contributed by atoms with E-state index in [1.54, 1.807) is 6.92 Å². The first-order valence-electron chi connectivity index (χ1n) is 8.24. The molecule has 25 heavy (non-hydrogen) atoms. The Morgan fingerprint density at radius 2 is 1.68 bits per heavy atom. The molecule has 0 saturated heterocycles. The van der Waals surface area contributed by atoms with Gasteiger partial charge in [-0.05, 0) is 48.6 Å². The highest BCUT2D eigenvalue weighted by Crippen LogP contribution is 2.24. The fourth-order valence-electron chi connectivity index (χ4n) is 2.60. The summed E-state index contributed by atoms with van der Waals surface area (Å²) in [5.41, 5.74) is 2.21. The van der Waals surface area contributed by atoms with Crippen LogP contribution in [-0.2, 0) is 11.2 Å². The van der Waals surface area contributed by atoms with Crippen LogP contribution < -0.4 is 5.32 Å². The third-order valence-electron chi connectivity index (χ3n) is 4.01. The first-order valence-corrected chi connectivity index (χ1v) is 8.24. The lowest BCUT2D eigenvalue weighted by atomic mass is 9.96. The van der Waals surface area contributed by atoms with Crippen LogP contribution in [0.2, 0.25) is 0 Å². The third-order valence-corrected chi connectivity index (χ3v) is 4.01. The molecule has 0 aliphatic rings. The predicted octanol–water partition coefficient (Wildman–Crippen LogP) is 4.03. The number of nitrogens with one attached hydrogen (secondary N) is 1. The monoisotopic (exact) mass is 341 g/mol. The molecule has 5 nitrogen and oxygen atoms in total. The topological polar surface area (TPSA) is 86.6 Å². The molecule has 2 aromatic rings. The molecule has 1 atom stereocenters. The van der Waals surface area contributed by atoms with Crippen LogP contribution in [0.4, 0.5) is 5.69 Å². The fraction of sp³-hybridized carbons (Fsp3) is 0.300. The highest BCUT2D eigenvalue weighted by molar-refractivity contribution is 5.98. The van der Waals surface area contributed by atoms with Gasteiger partial charge in [-0.1, -0.05) is 38.1 Å². The number of aromatic carboxylic acids is 1. The van der Waals surface area contributed by atoms with Gasteiger partial charge in [0.25, 0.3) is 0 Å². The van der Waals surface area contributed by atoms with Crippen LogP contribution in [0.5, 0.6) is 5.75 Å². The van der Waals surface area contributed by atoms with Gasteiger partial charge in [-0.15, -0.1) is 0 Å². The van der Waals surface area contributed by atoms with Gasteiger partial charge in [0, 0.05) is 5.69 Å². The van der Waals surface area contributed by atoms with Crippen molar-refractivity contribution in [1.82, 2.24) is 0 Å². The number of anilines is 1. The van der Waals surface area contributed by atoms with Crippen LogP contribution in [0.1, 0.15) is 48.2 Å². The van der Waals surface area contributed by atoms with Crippen molar-refractivity contribution in [3.63, 3.8) is 0 Å². The molecule has 0 bridgehead atoms. The van der Waals surface area contributed by atoms with Crippen molar-refractivity contribution >= 4 is 17.6 Å². The zero-order chi connectivity index (χ0) is 18.6. The standard InChI is InChI=1S/C20H23NO4/c1-12(2)10-14-4-6-15(7-5-14)13(3)19(23)21-16-8-9-18(22)17(11-16)20(24)25/h4-9,11-13,22H,10H2,1-3H3,(H,21,23)(H,24,25). The van der Waals surface area contributed by atoms with Gasteiger partial charge in [-0.2, -0.15) is 0 Å². The molecule has 2 aromatic carbocycles. The van der Waals surface area contributed by atoms with E-state index in [4.69, 9.17) is 5.11 Å². The molecular weight excluding hydrogens is 318 g/mol. The number of carbonyl (C=O) groups is 2. The van der Waals surface area contributed by atoms with Crippen molar-refractivity contribution in [2.75, 3.05) is 5.32 Å². The largest absolute Gasteiger partial charge is 0.507 e. The fourth-order valence-corrected chi connectivity index (χ4v) is 2.60. The summed E-state index contributed by atoms with van der Waals surface area (Å²) in [6, 6.07) is 11.9. The number of phenols is 1. The minimum atomic E-state index is -1.25. The second-order valence-corrected chi connectivity index (χ2v) is 6.59. The van der Waals surface area contributed by atoms with E-state index < -0.39 is 5.97 Å². The number of carboxylic acid groups (broad SMARTS) is 1. The van der Waals surface area contributed by atoms with E-state index in [0.29, 0.717) is 11.6 Å². The van der Waals surface area contributed by atoms with Crippen LogP contribution in [0, 0.1) is 5.92 Å². The maximum Gasteiger partial charge on any atom is 0.339 e. The van der Waals surface area contributed by atoms with E-state index in [2.05, 4.69) is 19.2 Å². The van der Waals surface area contributed by atoms with Gasteiger partial charge < -0.3 is 15.5 Å². The van der Waals surface area contributed by atoms with Crippen molar-refractivity contribution < 1.29 is 19.8 Å². The third kappa shape index (κ3) is 4.83. The van der Waals surface area contributed by atoms with Gasteiger partial charge in [0.15, 0.2) is 0 Å². The van der Waals surface area contributed by atoms with Crippen LogP contribution in [0.3, 0.4) is 0 Å². The lowest BCUT2D eigenvalue weighted by Crippen LogP contribution is -2.19. The summed E-state index contributed by atoms with van der Waals surface area (Å²) in [6.45, 7) is 6.12. The maximum absolute atomic E-state index is 12.4. The molecule has 1 unspecified atom stereocenters. The lowest BCUT2D eigenvalue weighted by molar-refractivity contribution is -0.117. The average Bonchev–Trinajstić information content (AvgIpc) is 2.55. The zero-order valence-corrected chi connectivity index (χ0v) is 14.6. The van der Waals surface area contributed by atoms with Gasteiger partial charge in [-0.3, -0.25) is 4.79 Å². The first-order chi connectivity index (χ1) is 11.8. The molecule has 1 amide bonds. The van der Waals surface area contributed by atoms with Crippen LogP contribution in [0.25, 0.3) is 0 Å². The van der Waals surface area contributed by atoms with Crippen LogP contribution in [0.15, 0.2) is 42.5 Å². The number of aromatic hydroxyl groups is 1. The number of carbonyl (C=O) groups excluding carboxylic acids is 1. The normalized spacial score (nSPS) is 12.0. The Labute approximate surface area is 147 Å². The molecule has 0 fully saturated rings. The van der Waals surface area contributed by atoms with Crippen LogP contribution in [-0.4, -0.2) is 22.1 Å². The smallest absolute Gasteiger partial charge is 0.339 e. The Kier molecular flexibility index (Phi) is 5.80. The van der Waals surface area contributed by atoms with Crippen molar-refractivity contribution in [1.29, 1.82) is 0 Å². The molecule has 0 aromatic heterocycles. The molecule has 3 N–H and O–H groups in total. The highest BCUT2D eigenvalue weighted by Gasteiger charge is 2.17. The van der Waals surface area contributed by atoms with E-state index >= 15 is 0 Å². The Balaban J connectivity index is 2.10. The SMILES string of the molecule is CC(C)Cc1ccc(C(C)C(=O)Nc2ccc(O)c(C(=O)O)c2)cc1. The Hall–Kier alpha value is -2.82. The van der Waals surface area contributed by atoms with Crippen molar-refractivity contribution in [2.45, 2.75) is 33.1 Å². The van der Waals surface area contributed by atoms with Crippen LogP contribution >= 0.6 is 0 Å². The molecular formula is C20H23NO4. The van der Waals surface area contributed by atoms with Gasteiger partial charge in [-0.25, -0.2) is 4.79 Å². The highest BCUT2D eigenvalue weighted by atomic mass is 16.4. The summed E-state index contributed by atoms with van der Waals surface area (Å²) >= 11 is 0. The molecule has 0 saturated carbocycles. The van der Waals surface area contributed by atoms with Crippen molar-refractivity contribution in [2.24, 2.45) is 5.92 Å². The molecule has 5 heteroatoms. The summed E-state index contributed by atoms with van der Waals surface area (Å²) in [5, 5.41) is 21.2. The number of hydrogen-bond donors (Lipinski definition) is 3. The van der Waals surface area contributed by atoms with Gasteiger partial charge in [0.05, 0.1) is 5.92 Å². The molecule has 0 aliphatic heterocycles. The molecule has 0 heterocycles. The summed E-state index contributed by atoms with van der Waals surface area (Å²) in [4.78, 5) is 23.5. The molecule has 0 aliphatic carbocycles. The average molecular weight is 341 g/mol. The van der Waals surface area contributed by atoms with Gasteiger partial charge >= 0.3 is 5.97 Å². The maximum atomic E-state index is 12.4. The summed E-state index contributed by atoms with van der Waals surface area (Å²) in [7, 11) is 0. The van der Waals surface area contributed by atoms with Crippen molar-refractivity contribution in [3.8, 4) is 5.75 Å². The molecule has 2 rings (SSSR count). The minimum absolute atomic E-state index is 0.237. The van der Waals surface area contributed by atoms with E-state index in [1.807, 2.05) is 24.3 Å². The molecule has 0 spiro atoms. The Morgan fingerprint density at radius 3 is 2.24 bits per heavy atom. The van der Waals surface area contributed by atoms with Gasteiger partial charge in [0.2, 0.25) is 5.91 Å². The second-order valence-electron chi connectivity index (χ2n) is 6.59. The second kappa shape index (κ2) is 7.83. The van der Waals surface area contributed by atoms with Crippen molar-refractivity contribution in [3.05, 3.63) is 59.2 Å². The van der Waals surface area contributed by atoms with E-state index in [0.717, 1.165) is 12.0 Å². The number of amides is 1. The van der Waals surface area contributed by atoms with E-state index in [-0.39, 0.29) is 23.1 Å². The number of carboxylic acids is 1. The first kappa shape index (κ1) is 18.5. The quantitative estimate of drug-likeness (QED) is 0.692. The van der Waals surface area contributed by atoms with E-state index in [1.165, 1.54) is 23.8 Å². The minimum Gasteiger partial charge on any atom is -0.507 e. The Bertz CT molecular complexity index is 766. The van der Waals surface area contributed by atoms with Gasteiger partial charge in [0.1, 0.15) is 11.3 Å². The molecule has 0 radical (unpaired) electrons. The summed E-state index contributed by atoms with van der Waals surface area (Å²) in [6.07, 6.45) is 0.992. The predicted molar refractivity (Wildman–Crippen MR) is 97.1 cm³/mol. The molecule has 132 valence electrons. The lowest BCUT2D eigenvalue weighted by Gasteiger charge is -2.14. The number of rotatable bonds is 6. The van der Waals surface area contributed by atoms with E-state index in [9.17, 15) is 14.7 Å². The Morgan fingerprint density at radius 1 is 1.04 bits per heavy atom. The number of hydrogen-bond acceptors (Lipinski definition) is 3. The summed E-state index contributed by atoms with van der Waals surface area (Å²) < 4.78 is 0. The zero-order valence-electron chi connectivity index (χ0n) is 14.6. The summed E-state index contributed by atoms with van der Waals surface area (Å²) in [5.74, 6) is -1.63.